The van der Waals surface area contributed by atoms with E-state index in [4.69, 9.17) is 13.9 Å². The first kappa shape index (κ1) is 18.0. The predicted octanol–water partition coefficient (Wildman–Crippen LogP) is 3.49. The summed E-state index contributed by atoms with van der Waals surface area (Å²) in [5, 5.41) is 4.51. The molecule has 2 heterocycles. The maximum Gasteiger partial charge on any atom is 0.359 e. The van der Waals surface area contributed by atoms with Crippen molar-refractivity contribution >= 4 is 11.9 Å². The summed E-state index contributed by atoms with van der Waals surface area (Å²) in [4.78, 5) is 24.6. The van der Waals surface area contributed by atoms with Crippen LogP contribution in [0.15, 0.2) is 47.1 Å². The molecule has 0 aliphatic heterocycles. The highest BCUT2D eigenvalue weighted by Crippen LogP contribution is 2.28. The number of benzene rings is 1. The molecule has 2 aromatic heterocycles. The van der Waals surface area contributed by atoms with E-state index in [-0.39, 0.29) is 24.5 Å². The second-order valence-corrected chi connectivity index (χ2v) is 6.43. The van der Waals surface area contributed by atoms with Gasteiger partial charge in [0, 0.05) is 11.3 Å². The summed E-state index contributed by atoms with van der Waals surface area (Å²) in [6.45, 7) is 1.82. The number of rotatable bonds is 6. The van der Waals surface area contributed by atoms with Crippen LogP contribution in [0.25, 0.3) is 5.69 Å². The van der Waals surface area contributed by atoms with Crippen LogP contribution in [0.3, 0.4) is 0 Å². The van der Waals surface area contributed by atoms with Crippen molar-refractivity contribution in [1.82, 2.24) is 9.78 Å². The van der Waals surface area contributed by atoms with Gasteiger partial charge in [-0.25, -0.2) is 14.3 Å². The van der Waals surface area contributed by atoms with Crippen molar-refractivity contribution in [2.45, 2.75) is 32.8 Å². The molecular weight excluding hydrogens is 360 g/mol. The second kappa shape index (κ2) is 7.72. The zero-order chi connectivity index (χ0) is 19.5. The van der Waals surface area contributed by atoms with Gasteiger partial charge in [-0.2, -0.15) is 5.10 Å². The Morgan fingerprint density at radius 3 is 2.71 bits per heavy atom. The molecule has 0 amide bonds. The Hall–Kier alpha value is -3.35. The monoisotopic (exact) mass is 380 g/mol. The number of esters is 2. The molecule has 4 rings (SSSR count). The number of para-hydroxylation sites is 1. The molecule has 0 saturated carbocycles. The van der Waals surface area contributed by atoms with E-state index in [9.17, 15) is 9.59 Å². The van der Waals surface area contributed by atoms with Crippen LogP contribution in [0.1, 0.15) is 51.2 Å². The molecule has 3 aromatic rings. The average Bonchev–Trinajstić information content (AvgIpc) is 3.43. The highest BCUT2D eigenvalue weighted by atomic mass is 16.5. The topological polar surface area (TPSA) is 83.6 Å². The highest BCUT2D eigenvalue weighted by molar-refractivity contribution is 5.91. The summed E-state index contributed by atoms with van der Waals surface area (Å²) in [7, 11) is 0. The van der Waals surface area contributed by atoms with Crippen LogP contribution in [-0.2, 0) is 28.9 Å². The lowest BCUT2D eigenvalue weighted by molar-refractivity contribution is 0.0415. The van der Waals surface area contributed by atoms with Gasteiger partial charge in [-0.05, 0) is 44.4 Å². The quantitative estimate of drug-likeness (QED) is 0.609. The summed E-state index contributed by atoms with van der Waals surface area (Å²) >= 11 is 0. The Morgan fingerprint density at radius 1 is 1.11 bits per heavy atom. The van der Waals surface area contributed by atoms with E-state index in [1.807, 2.05) is 35.0 Å². The van der Waals surface area contributed by atoms with E-state index < -0.39 is 11.9 Å². The van der Waals surface area contributed by atoms with E-state index >= 15 is 0 Å². The largest absolute Gasteiger partial charge is 0.465 e. The number of furan rings is 1. The van der Waals surface area contributed by atoms with Crippen LogP contribution < -0.4 is 0 Å². The maximum atomic E-state index is 12.7. The van der Waals surface area contributed by atoms with Crippen molar-refractivity contribution < 1.29 is 23.5 Å². The molecule has 28 heavy (non-hydrogen) atoms. The van der Waals surface area contributed by atoms with Crippen LogP contribution in [0.2, 0.25) is 0 Å². The summed E-state index contributed by atoms with van der Waals surface area (Å²) < 4.78 is 17.5. The van der Waals surface area contributed by atoms with Gasteiger partial charge < -0.3 is 13.9 Å². The van der Waals surface area contributed by atoms with Crippen LogP contribution in [0.4, 0.5) is 0 Å². The van der Waals surface area contributed by atoms with Gasteiger partial charge in [-0.1, -0.05) is 18.2 Å². The molecule has 0 bridgehead atoms. The molecule has 0 spiro atoms. The van der Waals surface area contributed by atoms with Crippen molar-refractivity contribution in [2.24, 2.45) is 0 Å². The first-order valence-corrected chi connectivity index (χ1v) is 9.25. The standard InChI is InChI=1S/C21H20N2O5/c1-2-26-20(24)16-11-12-27-18(16)13-28-21(25)19-15-9-6-10-17(15)23(22-19)14-7-4-3-5-8-14/h3-5,7-8,11-12H,2,6,9-10,13H2,1H3. The van der Waals surface area contributed by atoms with E-state index in [2.05, 4.69) is 5.10 Å². The lowest BCUT2D eigenvalue weighted by Crippen LogP contribution is -2.11. The molecule has 0 unspecified atom stereocenters. The van der Waals surface area contributed by atoms with Gasteiger partial charge in [0.25, 0.3) is 0 Å². The van der Waals surface area contributed by atoms with E-state index in [1.165, 1.54) is 12.3 Å². The smallest absolute Gasteiger partial charge is 0.359 e. The molecule has 0 saturated heterocycles. The fourth-order valence-electron chi connectivity index (χ4n) is 3.43. The Labute approximate surface area is 161 Å². The third-order valence-corrected chi connectivity index (χ3v) is 4.70. The van der Waals surface area contributed by atoms with E-state index in [1.54, 1.807) is 6.92 Å². The minimum Gasteiger partial charge on any atom is -0.465 e. The maximum absolute atomic E-state index is 12.7. The first-order chi connectivity index (χ1) is 13.7. The predicted molar refractivity (Wildman–Crippen MR) is 99.4 cm³/mol. The Bertz CT molecular complexity index is 1000. The normalized spacial score (nSPS) is 12.6. The van der Waals surface area contributed by atoms with Crippen molar-refractivity contribution in [3.63, 3.8) is 0 Å². The molecule has 1 aromatic carbocycles. The second-order valence-electron chi connectivity index (χ2n) is 6.43. The summed E-state index contributed by atoms with van der Waals surface area (Å²) in [5.74, 6) is -0.776. The van der Waals surface area contributed by atoms with Gasteiger partial charge in [-0.3, -0.25) is 0 Å². The van der Waals surface area contributed by atoms with Crippen LogP contribution in [0, 0.1) is 0 Å². The SMILES string of the molecule is CCOC(=O)c1ccoc1COC(=O)c1nn(-c2ccccc2)c2c1CCC2. The number of nitrogens with zero attached hydrogens (tertiary/aromatic N) is 2. The molecule has 0 radical (unpaired) electrons. The third-order valence-electron chi connectivity index (χ3n) is 4.70. The molecule has 144 valence electrons. The molecule has 0 fully saturated rings. The van der Waals surface area contributed by atoms with Crippen molar-refractivity contribution in [2.75, 3.05) is 6.61 Å². The van der Waals surface area contributed by atoms with Crippen LogP contribution in [-0.4, -0.2) is 28.3 Å². The van der Waals surface area contributed by atoms with Crippen molar-refractivity contribution in [1.29, 1.82) is 0 Å². The van der Waals surface area contributed by atoms with Gasteiger partial charge >= 0.3 is 11.9 Å². The number of ether oxygens (including phenoxy) is 2. The van der Waals surface area contributed by atoms with Crippen molar-refractivity contribution in [3.8, 4) is 5.69 Å². The van der Waals surface area contributed by atoms with E-state index in [0.29, 0.717) is 5.69 Å². The Balaban J connectivity index is 1.54. The molecular formula is C21H20N2O5. The van der Waals surface area contributed by atoms with Gasteiger partial charge in [0.15, 0.2) is 18.1 Å². The number of carbonyl (C=O) groups is 2. The van der Waals surface area contributed by atoms with Gasteiger partial charge in [-0.15, -0.1) is 0 Å². The van der Waals surface area contributed by atoms with Gasteiger partial charge in [0.1, 0.15) is 5.56 Å². The van der Waals surface area contributed by atoms with Crippen molar-refractivity contribution in [3.05, 3.63) is 70.9 Å². The number of aromatic nitrogens is 2. The van der Waals surface area contributed by atoms with Gasteiger partial charge in [0.05, 0.1) is 18.6 Å². The van der Waals surface area contributed by atoms with Gasteiger partial charge in [0.2, 0.25) is 0 Å². The zero-order valence-electron chi connectivity index (χ0n) is 15.5. The molecule has 0 atom stereocenters. The highest BCUT2D eigenvalue weighted by Gasteiger charge is 2.28. The minimum absolute atomic E-state index is 0.160. The Morgan fingerprint density at radius 2 is 1.93 bits per heavy atom. The lowest BCUT2D eigenvalue weighted by atomic mass is 10.2. The number of fused-ring (bicyclic) bond motifs is 1. The average molecular weight is 380 g/mol. The fraction of sp³-hybridized carbons (Fsp3) is 0.286. The summed E-state index contributed by atoms with van der Waals surface area (Å²) in [5.41, 5.74) is 3.47. The zero-order valence-corrected chi connectivity index (χ0v) is 15.5. The fourth-order valence-corrected chi connectivity index (χ4v) is 3.43. The summed E-state index contributed by atoms with van der Waals surface area (Å²) in [6.07, 6.45) is 4.01. The molecule has 0 N–H and O–H groups in total. The third kappa shape index (κ3) is 3.31. The molecule has 1 aliphatic carbocycles. The number of carbonyl (C=O) groups excluding carboxylic acids is 2. The summed E-state index contributed by atoms with van der Waals surface area (Å²) in [6, 6.07) is 11.2. The molecule has 7 nitrogen and oxygen atoms in total. The molecule has 7 heteroatoms. The number of hydrogen-bond donors (Lipinski definition) is 0. The molecule has 1 aliphatic rings. The number of hydrogen-bond acceptors (Lipinski definition) is 6. The Kier molecular flexibility index (Phi) is 4.97. The minimum atomic E-state index is -0.529. The first-order valence-electron chi connectivity index (χ1n) is 9.25. The van der Waals surface area contributed by atoms with Crippen LogP contribution in [0.5, 0.6) is 0 Å². The lowest BCUT2D eigenvalue weighted by Gasteiger charge is -2.05. The van der Waals surface area contributed by atoms with E-state index in [0.717, 1.165) is 36.2 Å². The van der Waals surface area contributed by atoms with Crippen LogP contribution >= 0.6 is 0 Å².